The van der Waals surface area contributed by atoms with Crippen molar-refractivity contribution in [3.63, 3.8) is 0 Å². The molecule has 0 spiro atoms. The summed E-state index contributed by atoms with van der Waals surface area (Å²) in [5.74, 6) is 2.83. The number of hydrogen-bond acceptors (Lipinski definition) is 9. The Balaban J connectivity index is 1.07. The minimum atomic E-state index is -0.998. The number of aromatic nitrogens is 4. The smallest absolute Gasteiger partial charge is 0.335 e. The van der Waals surface area contributed by atoms with E-state index in [9.17, 15) is 9.90 Å². The molecule has 0 radical (unpaired) electrons. The quantitative estimate of drug-likeness (QED) is 0.252. The van der Waals surface area contributed by atoms with Crippen molar-refractivity contribution in [3.8, 4) is 17.4 Å². The molecule has 7 rings (SSSR count). The number of halogens is 1. The molecule has 4 aromatic rings. The molecule has 2 aliphatic heterocycles. The van der Waals surface area contributed by atoms with Crippen molar-refractivity contribution in [2.75, 3.05) is 33.9 Å². The molecule has 3 atom stereocenters. The Morgan fingerprint density at radius 1 is 1.16 bits per heavy atom. The van der Waals surface area contributed by atoms with E-state index in [1.807, 2.05) is 12.1 Å². The summed E-state index contributed by atoms with van der Waals surface area (Å²) in [7, 11) is 3.16. The van der Waals surface area contributed by atoms with Crippen molar-refractivity contribution < 1.29 is 28.8 Å². The molecule has 1 saturated carbocycles. The number of hydrogen-bond donors (Lipinski definition) is 1. The summed E-state index contributed by atoms with van der Waals surface area (Å²) in [6, 6.07) is 10.5. The van der Waals surface area contributed by atoms with Gasteiger partial charge in [0.2, 0.25) is 5.88 Å². The highest BCUT2D eigenvalue weighted by Gasteiger charge is 2.59. The summed E-state index contributed by atoms with van der Waals surface area (Å²) in [6.45, 7) is 4.10. The highest BCUT2D eigenvalue weighted by atomic mass is 35.5. The fourth-order valence-electron chi connectivity index (χ4n) is 6.54. The number of ether oxygens (including phenoxy) is 4. The normalized spacial score (nSPS) is 22.7. The van der Waals surface area contributed by atoms with Gasteiger partial charge in [0.15, 0.2) is 0 Å². The highest BCUT2D eigenvalue weighted by Crippen LogP contribution is 2.58. The maximum atomic E-state index is 11.8. The predicted molar refractivity (Wildman–Crippen MR) is 162 cm³/mol. The number of benzene rings is 2. The van der Waals surface area contributed by atoms with Crippen LogP contribution in [-0.2, 0) is 29.8 Å². The number of carboxylic acids is 1. The molecule has 2 saturated heterocycles. The van der Waals surface area contributed by atoms with Crippen LogP contribution >= 0.6 is 11.6 Å². The summed E-state index contributed by atoms with van der Waals surface area (Å²) in [6.07, 6.45) is 4.80. The number of nitrogens with zero attached hydrogens (tertiary/aromatic N) is 5. The molecule has 3 fully saturated rings. The Hall–Kier alpha value is -3.93. The van der Waals surface area contributed by atoms with E-state index in [2.05, 4.69) is 14.5 Å². The lowest BCUT2D eigenvalue weighted by molar-refractivity contribution is -0.0592. The number of imidazole rings is 1. The molecule has 230 valence electrons. The molecular formula is C32H34ClN5O6. The van der Waals surface area contributed by atoms with Gasteiger partial charge < -0.3 is 28.6 Å². The van der Waals surface area contributed by atoms with Crippen LogP contribution in [-0.4, -0.2) is 75.5 Å². The van der Waals surface area contributed by atoms with E-state index < -0.39 is 5.97 Å². The number of aromatic carboxylic acids is 1. The van der Waals surface area contributed by atoms with E-state index in [0.717, 1.165) is 61.7 Å². The third-order valence-corrected chi connectivity index (χ3v) is 9.43. The van der Waals surface area contributed by atoms with Gasteiger partial charge >= 0.3 is 5.97 Å². The topological polar surface area (TPSA) is 121 Å². The molecule has 1 aliphatic carbocycles. The second-order valence-corrected chi connectivity index (χ2v) is 12.2. The van der Waals surface area contributed by atoms with Crippen molar-refractivity contribution in [1.29, 1.82) is 0 Å². The Kier molecular flexibility index (Phi) is 7.55. The lowest BCUT2D eigenvalue weighted by Crippen LogP contribution is -2.38. The summed E-state index contributed by atoms with van der Waals surface area (Å²) < 4.78 is 24.9. The fraction of sp³-hybridized carbons (Fsp3) is 0.438. The Bertz CT molecular complexity index is 1730. The third kappa shape index (κ3) is 5.33. The van der Waals surface area contributed by atoms with E-state index in [1.54, 1.807) is 38.6 Å². The van der Waals surface area contributed by atoms with Gasteiger partial charge in [-0.25, -0.2) is 14.8 Å². The molecule has 1 N–H and O–H groups in total. The summed E-state index contributed by atoms with van der Waals surface area (Å²) in [5, 5.41) is 10.3. The van der Waals surface area contributed by atoms with Gasteiger partial charge in [0.25, 0.3) is 0 Å². The van der Waals surface area contributed by atoms with Crippen molar-refractivity contribution in [1.82, 2.24) is 24.4 Å². The molecule has 3 aliphatic rings. The highest BCUT2D eigenvalue weighted by molar-refractivity contribution is 6.30. The van der Waals surface area contributed by atoms with Crippen molar-refractivity contribution in [2.45, 2.75) is 50.5 Å². The zero-order chi connectivity index (χ0) is 30.4. The van der Waals surface area contributed by atoms with Gasteiger partial charge in [-0.3, -0.25) is 4.90 Å². The van der Waals surface area contributed by atoms with Crippen LogP contribution < -0.4 is 14.2 Å². The number of likely N-dealkylation sites (tertiary alicyclic amines) is 1. The summed E-state index contributed by atoms with van der Waals surface area (Å²) in [4.78, 5) is 28.7. The second kappa shape index (κ2) is 11.5. The van der Waals surface area contributed by atoms with Crippen molar-refractivity contribution in [3.05, 3.63) is 70.4 Å². The number of piperidine rings is 1. The lowest BCUT2D eigenvalue weighted by Gasteiger charge is -2.31. The van der Waals surface area contributed by atoms with E-state index in [0.29, 0.717) is 53.5 Å². The number of rotatable bonds is 11. The van der Waals surface area contributed by atoms with Crippen LogP contribution in [0.2, 0.25) is 5.02 Å². The fourth-order valence-corrected chi connectivity index (χ4v) is 6.71. The minimum Gasteiger partial charge on any atom is -0.496 e. The first kappa shape index (κ1) is 28.8. The Morgan fingerprint density at radius 2 is 2.00 bits per heavy atom. The van der Waals surface area contributed by atoms with E-state index in [1.165, 1.54) is 6.07 Å². The molecule has 12 heteroatoms. The van der Waals surface area contributed by atoms with Gasteiger partial charge in [-0.15, -0.1) is 0 Å². The average Bonchev–Trinajstić information content (AvgIpc) is 3.65. The van der Waals surface area contributed by atoms with Gasteiger partial charge in [-0.2, -0.15) is 4.98 Å². The minimum absolute atomic E-state index is 0.0483. The number of carboxylic acid groups (broad SMARTS) is 1. The van der Waals surface area contributed by atoms with Gasteiger partial charge in [-0.05, 0) is 56.0 Å². The molecule has 2 aromatic carbocycles. The van der Waals surface area contributed by atoms with Crippen LogP contribution in [0.25, 0.3) is 11.0 Å². The Labute approximate surface area is 259 Å². The molecule has 0 amide bonds. The van der Waals surface area contributed by atoms with Crippen LogP contribution in [0.3, 0.4) is 0 Å². The van der Waals surface area contributed by atoms with Crippen molar-refractivity contribution >= 4 is 28.6 Å². The van der Waals surface area contributed by atoms with E-state index >= 15 is 0 Å². The zero-order valence-corrected chi connectivity index (χ0v) is 25.4. The first-order valence-electron chi connectivity index (χ1n) is 14.8. The van der Waals surface area contributed by atoms with Crippen LogP contribution in [0.1, 0.15) is 46.8 Å². The molecule has 3 unspecified atom stereocenters. The SMILES string of the molecule is COc1cc(Cl)ccc1COc1ccnc(C23CCN(Cc4nc5c(OC)cc(C(=O)O)cc5n4CC4CCO4)CC2C3)n1. The molecule has 4 heterocycles. The van der Waals surface area contributed by atoms with Gasteiger partial charge in [0.05, 0.1) is 44.5 Å². The molecular weight excluding hydrogens is 586 g/mol. The summed E-state index contributed by atoms with van der Waals surface area (Å²) in [5.41, 5.74) is 2.45. The predicted octanol–water partition coefficient (Wildman–Crippen LogP) is 4.73. The zero-order valence-electron chi connectivity index (χ0n) is 24.7. The average molecular weight is 620 g/mol. The van der Waals surface area contributed by atoms with Gasteiger partial charge in [-0.1, -0.05) is 17.7 Å². The second-order valence-electron chi connectivity index (χ2n) is 11.8. The van der Waals surface area contributed by atoms with Crippen LogP contribution in [0.4, 0.5) is 0 Å². The maximum Gasteiger partial charge on any atom is 0.335 e. The summed E-state index contributed by atoms with van der Waals surface area (Å²) >= 11 is 6.10. The first-order valence-corrected chi connectivity index (χ1v) is 15.2. The van der Waals surface area contributed by atoms with E-state index in [4.69, 9.17) is 40.5 Å². The molecule has 0 bridgehead atoms. The van der Waals surface area contributed by atoms with Gasteiger partial charge in [0.1, 0.15) is 35.3 Å². The molecule has 44 heavy (non-hydrogen) atoms. The largest absolute Gasteiger partial charge is 0.496 e. The van der Waals surface area contributed by atoms with Crippen molar-refractivity contribution in [2.24, 2.45) is 5.92 Å². The molecule has 11 nitrogen and oxygen atoms in total. The first-order chi connectivity index (χ1) is 21.4. The number of carbonyl (C=O) groups is 1. The standard InChI is InChI=1S/C32H34ClN5O6/c1-41-25-13-22(33)4-3-19(25)18-44-28-5-8-34-31(36-28)32-7-9-37(15-21(32)14-32)17-27-35-29-24(38(27)16-23-6-10-43-23)11-20(30(39)40)12-26(29)42-2/h3-5,8,11-13,21,23H,6-7,9-10,14-18H2,1-2H3,(H,39,40). The van der Waals surface area contributed by atoms with Crippen LogP contribution in [0.5, 0.6) is 17.4 Å². The third-order valence-electron chi connectivity index (χ3n) is 9.19. The van der Waals surface area contributed by atoms with Crippen LogP contribution in [0.15, 0.2) is 42.6 Å². The molecule has 2 aromatic heterocycles. The Morgan fingerprint density at radius 3 is 2.73 bits per heavy atom. The van der Waals surface area contributed by atoms with E-state index in [-0.39, 0.29) is 17.1 Å². The maximum absolute atomic E-state index is 11.8. The number of methoxy groups -OCH3 is 2. The lowest BCUT2D eigenvalue weighted by atomic mass is 9.94. The van der Waals surface area contributed by atoms with Crippen LogP contribution in [0, 0.1) is 5.92 Å². The monoisotopic (exact) mass is 619 g/mol. The van der Waals surface area contributed by atoms with Gasteiger partial charge in [0, 0.05) is 41.4 Å². The number of fused-ring (bicyclic) bond motifs is 2.